The van der Waals surface area contributed by atoms with Crippen molar-refractivity contribution in [3.8, 4) is 0 Å². The molecule has 1 rings (SSSR count). The van der Waals surface area contributed by atoms with Crippen LogP contribution in [0.3, 0.4) is 0 Å². The van der Waals surface area contributed by atoms with Gasteiger partial charge in [0.25, 0.3) is 0 Å². The molecule has 12 heavy (non-hydrogen) atoms. The number of imidazole rings is 1. The first-order valence-electron chi connectivity index (χ1n) is 3.97. The van der Waals surface area contributed by atoms with E-state index in [1.165, 1.54) is 0 Å². The van der Waals surface area contributed by atoms with Crippen molar-refractivity contribution >= 4 is 5.91 Å². The molecule has 1 aromatic rings. The zero-order chi connectivity index (χ0) is 8.81. The molecule has 0 aromatic carbocycles. The second-order valence-corrected chi connectivity index (χ2v) is 2.44. The van der Waals surface area contributed by atoms with Gasteiger partial charge in [-0.2, -0.15) is 0 Å². The summed E-state index contributed by atoms with van der Waals surface area (Å²) in [5.74, 6) is 0.0752. The van der Waals surface area contributed by atoms with Crippen molar-refractivity contribution in [3.05, 3.63) is 18.7 Å². The van der Waals surface area contributed by atoms with Gasteiger partial charge in [0, 0.05) is 25.7 Å². The van der Waals surface area contributed by atoms with E-state index in [2.05, 4.69) is 16.5 Å². The van der Waals surface area contributed by atoms with E-state index < -0.39 is 0 Å². The lowest BCUT2D eigenvalue weighted by atomic mass is 10.4. The largest absolute Gasteiger partial charge is 0.356 e. The van der Waals surface area contributed by atoms with Crippen molar-refractivity contribution in [2.75, 3.05) is 6.54 Å². The van der Waals surface area contributed by atoms with Gasteiger partial charge >= 0.3 is 0 Å². The van der Waals surface area contributed by atoms with Gasteiger partial charge in [-0.05, 0) is 6.92 Å². The van der Waals surface area contributed by atoms with Crippen molar-refractivity contribution in [1.29, 1.82) is 0 Å². The number of nitrogens with one attached hydrogen (secondary N) is 1. The highest BCUT2D eigenvalue weighted by atomic mass is 16.1. The Morgan fingerprint density at radius 3 is 3.17 bits per heavy atom. The third kappa shape index (κ3) is 2.74. The summed E-state index contributed by atoms with van der Waals surface area (Å²) >= 11 is 0. The number of hydrogen-bond donors (Lipinski definition) is 1. The summed E-state index contributed by atoms with van der Waals surface area (Å²) in [6, 6.07) is 0. The molecule has 1 amide bonds. The first-order chi connectivity index (χ1) is 5.83. The Morgan fingerprint density at radius 1 is 1.75 bits per heavy atom. The van der Waals surface area contributed by atoms with Crippen LogP contribution in [-0.4, -0.2) is 22.0 Å². The number of nitrogens with zero attached hydrogens (tertiary/aromatic N) is 2. The van der Waals surface area contributed by atoms with Crippen molar-refractivity contribution in [1.82, 2.24) is 14.9 Å². The van der Waals surface area contributed by atoms with Gasteiger partial charge in [-0.3, -0.25) is 4.79 Å². The SMILES string of the molecule is CCNC(=O)CCn1c[c]nc1. The molecule has 4 heteroatoms. The molecule has 1 aromatic heterocycles. The van der Waals surface area contributed by atoms with Gasteiger partial charge < -0.3 is 9.88 Å². The fraction of sp³-hybridized carbons (Fsp3) is 0.500. The van der Waals surface area contributed by atoms with E-state index in [9.17, 15) is 4.79 Å². The van der Waals surface area contributed by atoms with Crippen LogP contribution in [0.4, 0.5) is 0 Å². The molecule has 0 atom stereocenters. The van der Waals surface area contributed by atoms with E-state index in [-0.39, 0.29) is 5.91 Å². The minimum absolute atomic E-state index is 0.0752. The first kappa shape index (κ1) is 8.77. The molecule has 4 nitrogen and oxygen atoms in total. The number of aryl methyl sites for hydroxylation is 1. The molecule has 1 N–H and O–H groups in total. The van der Waals surface area contributed by atoms with Gasteiger partial charge in [-0.1, -0.05) is 0 Å². The van der Waals surface area contributed by atoms with Crippen LogP contribution in [0.25, 0.3) is 0 Å². The van der Waals surface area contributed by atoms with E-state index in [0.717, 1.165) is 0 Å². The summed E-state index contributed by atoms with van der Waals surface area (Å²) in [4.78, 5) is 14.7. The Hall–Kier alpha value is -1.32. The van der Waals surface area contributed by atoms with Crippen LogP contribution in [0.5, 0.6) is 0 Å². The maximum Gasteiger partial charge on any atom is 0.221 e. The quantitative estimate of drug-likeness (QED) is 0.695. The van der Waals surface area contributed by atoms with E-state index in [0.29, 0.717) is 19.5 Å². The average Bonchev–Trinajstić information content (AvgIpc) is 2.53. The molecule has 0 fully saturated rings. The lowest BCUT2D eigenvalue weighted by Crippen LogP contribution is -2.23. The number of amides is 1. The van der Waals surface area contributed by atoms with E-state index in [1.807, 2.05) is 11.5 Å². The molecule has 0 aliphatic carbocycles. The minimum atomic E-state index is 0.0752. The summed E-state index contributed by atoms with van der Waals surface area (Å²) in [6.07, 6.45) is 6.54. The molecule has 0 aliphatic heterocycles. The van der Waals surface area contributed by atoms with Crippen molar-refractivity contribution in [3.63, 3.8) is 0 Å². The zero-order valence-corrected chi connectivity index (χ0v) is 7.08. The summed E-state index contributed by atoms with van der Waals surface area (Å²) in [5, 5.41) is 2.73. The summed E-state index contributed by atoms with van der Waals surface area (Å²) in [6.45, 7) is 3.26. The molecule has 0 bridgehead atoms. The van der Waals surface area contributed by atoms with Gasteiger partial charge in [0.2, 0.25) is 5.91 Å². The standard InChI is InChI=1S/C8H12N3O/c1-2-10-8(12)3-5-11-6-4-9-7-11/h6-7H,2-3,5H2,1H3,(H,10,12). The van der Waals surface area contributed by atoms with Crippen LogP contribution in [-0.2, 0) is 11.3 Å². The molecule has 65 valence electrons. The van der Waals surface area contributed by atoms with Gasteiger partial charge in [-0.15, -0.1) is 0 Å². The van der Waals surface area contributed by atoms with E-state index >= 15 is 0 Å². The molecule has 1 heterocycles. The molecule has 1 radical (unpaired) electrons. The van der Waals surface area contributed by atoms with Crippen molar-refractivity contribution < 1.29 is 4.79 Å². The second kappa shape index (κ2) is 4.54. The van der Waals surface area contributed by atoms with Crippen LogP contribution in [0.15, 0.2) is 12.5 Å². The normalized spacial score (nSPS) is 9.75. The minimum Gasteiger partial charge on any atom is -0.356 e. The topological polar surface area (TPSA) is 46.9 Å². The van der Waals surface area contributed by atoms with Gasteiger partial charge in [0.15, 0.2) is 0 Å². The Balaban J connectivity index is 2.22. The fourth-order valence-electron chi connectivity index (χ4n) is 0.887. The van der Waals surface area contributed by atoms with Crippen LogP contribution < -0.4 is 5.32 Å². The Morgan fingerprint density at radius 2 is 2.58 bits per heavy atom. The monoisotopic (exact) mass is 166 g/mol. The molecule has 0 unspecified atom stereocenters. The Kier molecular flexibility index (Phi) is 3.32. The molecular formula is C8H12N3O. The van der Waals surface area contributed by atoms with Gasteiger partial charge in [-0.25, -0.2) is 4.98 Å². The predicted octanol–water partition coefficient (Wildman–Crippen LogP) is 0.209. The number of carbonyl (C=O) groups excluding carboxylic acids is 1. The van der Waals surface area contributed by atoms with Gasteiger partial charge in [0.05, 0.1) is 6.33 Å². The lowest BCUT2D eigenvalue weighted by Gasteiger charge is -2.01. The molecule has 0 saturated carbocycles. The maximum absolute atomic E-state index is 11.0. The Bertz CT molecular complexity index is 230. The first-order valence-corrected chi connectivity index (χ1v) is 3.97. The predicted molar refractivity (Wildman–Crippen MR) is 44.4 cm³/mol. The smallest absolute Gasteiger partial charge is 0.221 e. The molecular weight excluding hydrogens is 154 g/mol. The average molecular weight is 166 g/mol. The highest BCUT2D eigenvalue weighted by molar-refractivity contribution is 5.75. The van der Waals surface area contributed by atoms with Crippen LogP contribution >= 0.6 is 0 Å². The number of hydrogen-bond acceptors (Lipinski definition) is 2. The molecule has 0 aliphatic rings. The van der Waals surface area contributed by atoms with Crippen LogP contribution in [0, 0.1) is 6.20 Å². The highest BCUT2D eigenvalue weighted by Gasteiger charge is 1.98. The summed E-state index contributed by atoms with van der Waals surface area (Å²) in [5.41, 5.74) is 0. The molecule has 0 spiro atoms. The summed E-state index contributed by atoms with van der Waals surface area (Å²) < 4.78 is 1.83. The third-order valence-corrected chi connectivity index (χ3v) is 1.48. The van der Waals surface area contributed by atoms with Gasteiger partial charge in [0.1, 0.15) is 6.20 Å². The highest BCUT2D eigenvalue weighted by Crippen LogP contribution is 1.89. The fourth-order valence-corrected chi connectivity index (χ4v) is 0.887. The lowest BCUT2D eigenvalue weighted by molar-refractivity contribution is -0.121. The number of carbonyl (C=O) groups is 1. The number of aromatic nitrogens is 2. The number of rotatable bonds is 4. The van der Waals surface area contributed by atoms with Crippen LogP contribution in [0.1, 0.15) is 13.3 Å². The van der Waals surface area contributed by atoms with E-state index in [1.54, 1.807) is 12.5 Å². The zero-order valence-electron chi connectivity index (χ0n) is 7.08. The second-order valence-electron chi connectivity index (χ2n) is 2.44. The van der Waals surface area contributed by atoms with E-state index in [4.69, 9.17) is 0 Å². The maximum atomic E-state index is 11.0. The van der Waals surface area contributed by atoms with Crippen LogP contribution in [0.2, 0.25) is 0 Å². The van der Waals surface area contributed by atoms with Crippen molar-refractivity contribution in [2.45, 2.75) is 19.9 Å². The van der Waals surface area contributed by atoms with Crippen molar-refractivity contribution in [2.24, 2.45) is 0 Å². The Labute approximate surface area is 71.6 Å². The third-order valence-electron chi connectivity index (χ3n) is 1.48. The molecule has 0 saturated heterocycles. The summed E-state index contributed by atoms with van der Waals surface area (Å²) in [7, 11) is 0.